The smallest absolute Gasteiger partial charge is 0.227 e. The Morgan fingerprint density at radius 1 is 1.20 bits per heavy atom. The summed E-state index contributed by atoms with van der Waals surface area (Å²) < 4.78 is 5.34. The molecule has 0 rings (SSSR count). The van der Waals surface area contributed by atoms with Crippen molar-refractivity contribution in [2.24, 2.45) is 10.4 Å². The van der Waals surface area contributed by atoms with Gasteiger partial charge in [0.1, 0.15) is 0 Å². The van der Waals surface area contributed by atoms with Gasteiger partial charge in [0, 0.05) is 27.2 Å². The van der Waals surface area contributed by atoms with Crippen LogP contribution in [0.15, 0.2) is 4.99 Å². The van der Waals surface area contributed by atoms with E-state index >= 15 is 0 Å². The molecule has 3 N–H and O–H groups in total. The number of carbonyl (C=O) groups is 1. The second-order valence-electron chi connectivity index (χ2n) is 5.98. The second-order valence-corrected chi connectivity index (χ2v) is 5.98. The lowest BCUT2D eigenvalue weighted by Gasteiger charge is -2.25. The van der Waals surface area contributed by atoms with Crippen molar-refractivity contribution in [3.63, 3.8) is 0 Å². The second kappa shape index (κ2) is 8.09. The minimum Gasteiger partial charge on any atom is -0.377 e. The van der Waals surface area contributed by atoms with Crippen LogP contribution < -0.4 is 16.0 Å². The summed E-state index contributed by atoms with van der Waals surface area (Å²) in [5, 5.41) is 9.02. The monoisotopic (exact) mass is 286 g/mol. The predicted molar refractivity (Wildman–Crippen MR) is 82.9 cm³/mol. The summed E-state index contributed by atoms with van der Waals surface area (Å²) in [6, 6.07) is 0. The Kier molecular flexibility index (Phi) is 7.57. The third-order valence-electron chi connectivity index (χ3n) is 3.05. The van der Waals surface area contributed by atoms with Crippen molar-refractivity contribution in [1.82, 2.24) is 16.0 Å². The molecule has 0 aliphatic rings. The molecule has 0 radical (unpaired) electrons. The number of carbonyl (C=O) groups excluding carboxylic acids is 1. The molecule has 0 aliphatic carbocycles. The molecule has 0 saturated heterocycles. The van der Waals surface area contributed by atoms with Gasteiger partial charge in [-0.2, -0.15) is 0 Å². The number of amides is 1. The van der Waals surface area contributed by atoms with E-state index in [1.165, 1.54) is 0 Å². The van der Waals surface area contributed by atoms with Crippen LogP contribution >= 0.6 is 0 Å². The Morgan fingerprint density at radius 2 is 1.80 bits per heavy atom. The van der Waals surface area contributed by atoms with Crippen molar-refractivity contribution < 1.29 is 9.53 Å². The summed E-state index contributed by atoms with van der Waals surface area (Å²) in [6.07, 6.45) is 0. The molecule has 6 nitrogen and oxygen atoms in total. The maximum atomic E-state index is 11.7. The maximum Gasteiger partial charge on any atom is 0.227 e. The minimum absolute atomic E-state index is 0.00179. The van der Waals surface area contributed by atoms with Crippen molar-refractivity contribution in [3.05, 3.63) is 0 Å². The van der Waals surface area contributed by atoms with Gasteiger partial charge >= 0.3 is 0 Å². The molecule has 1 amide bonds. The fraction of sp³-hybridized carbons (Fsp3) is 0.857. The Labute approximate surface area is 122 Å². The molecular formula is C14H30N4O2. The summed E-state index contributed by atoms with van der Waals surface area (Å²) in [5.41, 5.74) is -0.805. The van der Waals surface area contributed by atoms with Crippen LogP contribution in [0.3, 0.4) is 0 Å². The molecule has 6 heteroatoms. The van der Waals surface area contributed by atoms with Gasteiger partial charge in [0.25, 0.3) is 0 Å². The molecule has 0 fully saturated rings. The summed E-state index contributed by atoms with van der Waals surface area (Å²) >= 11 is 0. The third-order valence-corrected chi connectivity index (χ3v) is 3.05. The van der Waals surface area contributed by atoms with Crippen LogP contribution in [-0.4, -0.2) is 51.3 Å². The van der Waals surface area contributed by atoms with Crippen LogP contribution in [-0.2, 0) is 9.53 Å². The molecule has 0 saturated carbocycles. The summed E-state index contributed by atoms with van der Waals surface area (Å²) in [4.78, 5) is 16.2. The highest BCUT2D eigenvalue weighted by Gasteiger charge is 2.26. The van der Waals surface area contributed by atoms with E-state index in [1.54, 1.807) is 14.2 Å². The van der Waals surface area contributed by atoms with Gasteiger partial charge in [-0.1, -0.05) is 0 Å². The van der Waals surface area contributed by atoms with E-state index < -0.39 is 5.41 Å². The van der Waals surface area contributed by atoms with Gasteiger partial charge in [-0.3, -0.25) is 9.79 Å². The van der Waals surface area contributed by atoms with Crippen molar-refractivity contribution >= 4 is 11.9 Å². The molecule has 0 unspecified atom stereocenters. The van der Waals surface area contributed by atoms with Gasteiger partial charge < -0.3 is 20.7 Å². The fourth-order valence-corrected chi connectivity index (χ4v) is 1.40. The lowest BCUT2D eigenvalue weighted by molar-refractivity contribution is -0.128. The minimum atomic E-state index is -0.498. The van der Waals surface area contributed by atoms with Crippen LogP contribution in [0.25, 0.3) is 0 Å². The first kappa shape index (κ1) is 18.7. The van der Waals surface area contributed by atoms with Gasteiger partial charge in [-0.25, -0.2) is 0 Å². The standard InChI is InChI=1S/C14H30N4O2/c1-8-16-12(18-10-14(4,5)20-7)17-9-13(2,3)11(19)15-6/h8-10H2,1-7H3,(H,15,19)(H2,16,17,18). The number of ether oxygens (including phenoxy) is 1. The first-order chi connectivity index (χ1) is 9.18. The SMILES string of the molecule is CCNC(=NCC(C)(C)OC)NCC(C)(C)C(=O)NC. The number of nitrogens with one attached hydrogen (secondary N) is 3. The maximum absolute atomic E-state index is 11.7. The van der Waals surface area contributed by atoms with E-state index in [0.717, 1.165) is 6.54 Å². The Hall–Kier alpha value is -1.30. The number of methoxy groups -OCH3 is 1. The average Bonchev–Trinajstić information content (AvgIpc) is 2.41. The normalized spacial score (nSPS) is 13.1. The van der Waals surface area contributed by atoms with E-state index in [2.05, 4.69) is 20.9 Å². The van der Waals surface area contributed by atoms with Crippen molar-refractivity contribution in [2.75, 3.05) is 33.8 Å². The van der Waals surface area contributed by atoms with Gasteiger partial charge in [0.15, 0.2) is 5.96 Å². The van der Waals surface area contributed by atoms with Crippen LogP contribution in [0.1, 0.15) is 34.6 Å². The molecule has 0 aromatic heterocycles. The molecule has 20 heavy (non-hydrogen) atoms. The largest absolute Gasteiger partial charge is 0.377 e. The van der Waals surface area contributed by atoms with Crippen molar-refractivity contribution in [3.8, 4) is 0 Å². The van der Waals surface area contributed by atoms with Gasteiger partial charge in [-0.15, -0.1) is 0 Å². The zero-order valence-corrected chi connectivity index (χ0v) is 13.9. The van der Waals surface area contributed by atoms with Gasteiger partial charge in [0.05, 0.1) is 17.6 Å². The van der Waals surface area contributed by atoms with E-state index in [1.807, 2.05) is 34.6 Å². The van der Waals surface area contributed by atoms with Crippen molar-refractivity contribution in [1.29, 1.82) is 0 Å². The van der Waals surface area contributed by atoms with Crippen LogP contribution in [0.5, 0.6) is 0 Å². The first-order valence-corrected chi connectivity index (χ1v) is 6.98. The zero-order valence-electron chi connectivity index (χ0n) is 13.9. The number of aliphatic imine (C=N–C) groups is 1. The highest BCUT2D eigenvalue weighted by atomic mass is 16.5. The van der Waals surface area contributed by atoms with Crippen LogP contribution in [0.4, 0.5) is 0 Å². The Balaban J connectivity index is 4.63. The molecule has 0 heterocycles. The summed E-state index contributed by atoms with van der Waals surface area (Å²) in [7, 11) is 3.31. The molecule has 0 aromatic rings. The highest BCUT2D eigenvalue weighted by molar-refractivity contribution is 5.84. The first-order valence-electron chi connectivity index (χ1n) is 6.98. The Morgan fingerprint density at radius 3 is 2.25 bits per heavy atom. The number of hydrogen-bond donors (Lipinski definition) is 3. The summed E-state index contributed by atoms with van der Waals surface area (Å²) in [6.45, 7) is 11.6. The van der Waals surface area contributed by atoms with Crippen molar-refractivity contribution in [2.45, 2.75) is 40.2 Å². The molecule has 0 aliphatic heterocycles. The zero-order chi connectivity index (χ0) is 15.8. The van der Waals surface area contributed by atoms with E-state index in [9.17, 15) is 4.79 Å². The predicted octanol–water partition coefficient (Wildman–Crippen LogP) is 0.739. The molecule has 0 bridgehead atoms. The highest BCUT2D eigenvalue weighted by Crippen LogP contribution is 2.13. The molecule has 0 spiro atoms. The number of nitrogens with zero attached hydrogens (tertiary/aromatic N) is 1. The van der Waals surface area contributed by atoms with Crippen LogP contribution in [0.2, 0.25) is 0 Å². The van der Waals surface area contributed by atoms with E-state index in [-0.39, 0.29) is 11.5 Å². The van der Waals surface area contributed by atoms with Gasteiger partial charge in [-0.05, 0) is 34.6 Å². The fourth-order valence-electron chi connectivity index (χ4n) is 1.40. The summed E-state index contributed by atoms with van der Waals surface area (Å²) in [5.74, 6) is 0.688. The molecule has 0 aromatic carbocycles. The Bertz CT molecular complexity index is 338. The number of rotatable bonds is 7. The lowest BCUT2D eigenvalue weighted by Crippen LogP contribution is -2.47. The lowest BCUT2D eigenvalue weighted by atomic mass is 9.92. The van der Waals surface area contributed by atoms with E-state index in [4.69, 9.17) is 4.74 Å². The molecular weight excluding hydrogens is 256 g/mol. The molecule has 0 atom stereocenters. The van der Waals surface area contributed by atoms with E-state index in [0.29, 0.717) is 19.0 Å². The number of hydrogen-bond acceptors (Lipinski definition) is 3. The third kappa shape index (κ3) is 6.75. The molecule has 118 valence electrons. The average molecular weight is 286 g/mol. The number of guanidine groups is 1. The van der Waals surface area contributed by atoms with Gasteiger partial charge in [0.2, 0.25) is 5.91 Å². The van der Waals surface area contributed by atoms with Crippen LogP contribution in [0, 0.1) is 5.41 Å². The topological polar surface area (TPSA) is 74.8 Å². The quantitative estimate of drug-likeness (QED) is 0.477.